The molecule has 1 aromatic carbocycles. The molecule has 0 saturated carbocycles. The van der Waals surface area contributed by atoms with Gasteiger partial charge in [-0.15, -0.1) is 0 Å². The SMILES string of the molecule is N#CN1CCCC(c2nc(-c3ccc(O)cc3)c3c(N)ncnn23)C1. The third kappa shape index (κ3) is 2.59. The highest BCUT2D eigenvalue weighted by Crippen LogP contribution is 2.33. The van der Waals surface area contributed by atoms with Gasteiger partial charge >= 0.3 is 0 Å². The maximum absolute atomic E-state index is 9.53. The summed E-state index contributed by atoms with van der Waals surface area (Å²) in [6, 6.07) is 6.79. The second-order valence-corrected chi connectivity index (χ2v) is 6.16. The highest BCUT2D eigenvalue weighted by molar-refractivity contribution is 5.85. The molecule has 4 rings (SSSR count). The minimum Gasteiger partial charge on any atom is -0.508 e. The van der Waals surface area contributed by atoms with Crippen LogP contribution in [0.4, 0.5) is 5.82 Å². The van der Waals surface area contributed by atoms with Gasteiger partial charge in [0.15, 0.2) is 12.0 Å². The van der Waals surface area contributed by atoms with E-state index in [2.05, 4.69) is 16.3 Å². The molecule has 2 aromatic heterocycles. The maximum atomic E-state index is 9.53. The zero-order valence-corrected chi connectivity index (χ0v) is 13.5. The third-order valence-corrected chi connectivity index (χ3v) is 4.55. The molecule has 0 aliphatic carbocycles. The van der Waals surface area contributed by atoms with Crippen molar-refractivity contribution < 1.29 is 5.11 Å². The average Bonchev–Trinajstić information content (AvgIpc) is 3.03. The number of phenols is 1. The summed E-state index contributed by atoms with van der Waals surface area (Å²) in [6.45, 7) is 1.40. The number of hydrogen-bond donors (Lipinski definition) is 2. The van der Waals surface area contributed by atoms with E-state index in [-0.39, 0.29) is 11.7 Å². The standard InChI is InChI=1S/C17H17N7O/c18-9-23-7-1-2-12(8-23)17-22-14(11-3-5-13(25)6-4-11)15-16(19)20-10-21-24(15)17/h3-6,10,12,25H,1-2,7-8H2,(H2,19,20,21). The van der Waals surface area contributed by atoms with Gasteiger partial charge in [-0.05, 0) is 37.1 Å². The third-order valence-electron chi connectivity index (χ3n) is 4.55. The summed E-state index contributed by atoms with van der Waals surface area (Å²) in [5.74, 6) is 1.42. The number of nitrogens with zero attached hydrogens (tertiary/aromatic N) is 6. The van der Waals surface area contributed by atoms with Crippen molar-refractivity contribution in [1.82, 2.24) is 24.5 Å². The predicted octanol–water partition coefficient (Wildman–Crippen LogP) is 1.74. The molecule has 3 aromatic rings. The first-order valence-electron chi connectivity index (χ1n) is 8.10. The first-order valence-corrected chi connectivity index (χ1v) is 8.10. The number of phenolic OH excluding ortho intramolecular Hbond substituents is 1. The van der Waals surface area contributed by atoms with Gasteiger partial charge < -0.3 is 15.7 Å². The van der Waals surface area contributed by atoms with Crippen LogP contribution >= 0.6 is 0 Å². The van der Waals surface area contributed by atoms with Gasteiger partial charge in [-0.25, -0.2) is 14.5 Å². The number of hydrogen-bond acceptors (Lipinski definition) is 7. The molecule has 1 saturated heterocycles. The van der Waals surface area contributed by atoms with Gasteiger partial charge in [-0.3, -0.25) is 0 Å². The number of aromatic hydroxyl groups is 1. The summed E-state index contributed by atoms with van der Waals surface area (Å²) < 4.78 is 1.73. The summed E-state index contributed by atoms with van der Waals surface area (Å²) in [6.07, 6.45) is 5.51. The molecule has 126 valence electrons. The predicted molar refractivity (Wildman–Crippen MR) is 91.5 cm³/mol. The van der Waals surface area contributed by atoms with Crippen molar-refractivity contribution in [3.05, 3.63) is 36.4 Å². The van der Waals surface area contributed by atoms with Crippen LogP contribution in [-0.4, -0.2) is 42.7 Å². The van der Waals surface area contributed by atoms with E-state index >= 15 is 0 Å². The van der Waals surface area contributed by atoms with E-state index in [0.29, 0.717) is 23.6 Å². The molecule has 8 nitrogen and oxygen atoms in total. The highest BCUT2D eigenvalue weighted by atomic mass is 16.3. The lowest BCUT2D eigenvalue weighted by Gasteiger charge is -2.27. The Morgan fingerprint density at radius 2 is 2.08 bits per heavy atom. The van der Waals surface area contributed by atoms with Crippen molar-refractivity contribution in [1.29, 1.82) is 5.26 Å². The van der Waals surface area contributed by atoms with Gasteiger partial charge in [-0.2, -0.15) is 10.4 Å². The number of piperidine rings is 1. The lowest BCUT2D eigenvalue weighted by Crippen LogP contribution is -2.31. The van der Waals surface area contributed by atoms with Crippen molar-refractivity contribution in [3.8, 4) is 23.2 Å². The Kier molecular flexibility index (Phi) is 3.61. The van der Waals surface area contributed by atoms with Crippen LogP contribution in [0.1, 0.15) is 24.6 Å². The Hall–Kier alpha value is -3.34. The molecule has 1 aliphatic heterocycles. The van der Waals surface area contributed by atoms with Crippen LogP contribution in [0.15, 0.2) is 30.6 Å². The smallest absolute Gasteiger partial charge is 0.179 e. The summed E-state index contributed by atoms with van der Waals surface area (Å²) in [5.41, 5.74) is 8.26. The first kappa shape index (κ1) is 15.2. The van der Waals surface area contributed by atoms with Gasteiger partial charge in [0.25, 0.3) is 0 Å². The monoisotopic (exact) mass is 335 g/mol. The molecule has 0 amide bonds. The lowest BCUT2D eigenvalue weighted by molar-refractivity contribution is 0.283. The largest absolute Gasteiger partial charge is 0.508 e. The first-order chi connectivity index (χ1) is 12.2. The topological polar surface area (TPSA) is 116 Å². The maximum Gasteiger partial charge on any atom is 0.179 e. The number of nitriles is 1. The van der Waals surface area contributed by atoms with Crippen LogP contribution in [-0.2, 0) is 0 Å². The highest BCUT2D eigenvalue weighted by Gasteiger charge is 2.27. The quantitative estimate of drug-likeness (QED) is 0.685. The van der Waals surface area contributed by atoms with Crippen molar-refractivity contribution in [2.45, 2.75) is 18.8 Å². The van der Waals surface area contributed by atoms with Crippen LogP contribution < -0.4 is 5.73 Å². The number of aromatic nitrogens is 4. The molecule has 1 aliphatic rings. The van der Waals surface area contributed by atoms with Gasteiger partial charge in [0.2, 0.25) is 0 Å². The summed E-state index contributed by atoms with van der Waals surface area (Å²) in [4.78, 5) is 10.6. The molecule has 3 heterocycles. The van der Waals surface area contributed by atoms with Crippen molar-refractivity contribution in [3.63, 3.8) is 0 Å². The van der Waals surface area contributed by atoms with Crippen LogP contribution in [0.5, 0.6) is 5.75 Å². The molecule has 25 heavy (non-hydrogen) atoms. The fourth-order valence-corrected chi connectivity index (χ4v) is 3.34. The fourth-order valence-electron chi connectivity index (χ4n) is 3.34. The van der Waals surface area contributed by atoms with E-state index < -0.39 is 0 Å². The molecule has 1 fully saturated rings. The van der Waals surface area contributed by atoms with Crippen molar-refractivity contribution in [2.24, 2.45) is 0 Å². The number of imidazole rings is 1. The van der Waals surface area contributed by atoms with Gasteiger partial charge in [0, 0.05) is 24.6 Å². The molecular weight excluding hydrogens is 318 g/mol. The van der Waals surface area contributed by atoms with Crippen LogP contribution in [0.3, 0.4) is 0 Å². The van der Waals surface area contributed by atoms with Gasteiger partial charge in [0.1, 0.15) is 29.1 Å². The summed E-state index contributed by atoms with van der Waals surface area (Å²) in [5, 5.41) is 23.1. The van der Waals surface area contributed by atoms with E-state index in [9.17, 15) is 10.4 Å². The Balaban J connectivity index is 1.87. The number of nitrogen functional groups attached to an aromatic ring is 1. The van der Waals surface area contributed by atoms with E-state index in [1.807, 2.05) is 0 Å². The second-order valence-electron chi connectivity index (χ2n) is 6.16. The van der Waals surface area contributed by atoms with Crippen LogP contribution in [0.2, 0.25) is 0 Å². The van der Waals surface area contributed by atoms with Crippen LogP contribution in [0, 0.1) is 11.5 Å². The van der Waals surface area contributed by atoms with Gasteiger partial charge in [-0.1, -0.05) is 0 Å². The number of benzene rings is 1. The average molecular weight is 335 g/mol. The fraction of sp³-hybridized carbons (Fsp3) is 0.294. The molecule has 0 spiro atoms. The zero-order chi connectivity index (χ0) is 17.4. The minimum atomic E-state index is 0.0982. The Morgan fingerprint density at radius 3 is 2.84 bits per heavy atom. The molecule has 3 N–H and O–H groups in total. The zero-order valence-electron chi connectivity index (χ0n) is 13.5. The van der Waals surface area contributed by atoms with Crippen molar-refractivity contribution in [2.75, 3.05) is 18.8 Å². The molecule has 0 bridgehead atoms. The summed E-state index contributed by atoms with van der Waals surface area (Å²) in [7, 11) is 0. The van der Waals surface area contributed by atoms with Gasteiger partial charge in [0.05, 0.1) is 0 Å². The molecule has 1 unspecified atom stereocenters. The Labute approximate surface area is 144 Å². The molecule has 0 radical (unpaired) electrons. The number of anilines is 1. The minimum absolute atomic E-state index is 0.0982. The molecule has 1 atom stereocenters. The van der Waals surface area contributed by atoms with Crippen LogP contribution in [0.25, 0.3) is 16.8 Å². The second kappa shape index (κ2) is 5.94. The van der Waals surface area contributed by atoms with E-state index in [1.54, 1.807) is 33.7 Å². The van der Waals surface area contributed by atoms with E-state index in [1.165, 1.54) is 6.33 Å². The normalized spacial score (nSPS) is 17.6. The Bertz CT molecular complexity index is 958. The number of rotatable bonds is 2. The van der Waals surface area contributed by atoms with E-state index in [0.717, 1.165) is 30.8 Å². The Morgan fingerprint density at radius 1 is 1.28 bits per heavy atom. The summed E-state index contributed by atoms with van der Waals surface area (Å²) >= 11 is 0. The molecule has 8 heteroatoms. The van der Waals surface area contributed by atoms with E-state index in [4.69, 9.17) is 10.7 Å². The number of nitrogens with two attached hydrogens (primary N) is 1. The number of fused-ring (bicyclic) bond motifs is 1. The number of likely N-dealkylation sites (tertiary alicyclic amines) is 1. The lowest BCUT2D eigenvalue weighted by atomic mass is 9.98. The van der Waals surface area contributed by atoms with Crippen molar-refractivity contribution >= 4 is 11.3 Å². The molecular formula is C17H17N7O.